The quantitative estimate of drug-likeness (QED) is 0.619. The van der Waals surface area contributed by atoms with E-state index in [9.17, 15) is 13.2 Å². The number of hydrogen-bond acceptors (Lipinski definition) is 4. The van der Waals surface area contributed by atoms with Gasteiger partial charge in [-0.3, -0.25) is 9.52 Å². The second-order valence-electron chi connectivity index (χ2n) is 6.13. The van der Waals surface area contributed by atoms with E-state index in [1.807, 2.05) is 20.0 Å². The van der Waals surface area contributed by atoms with Crippen molar-refractivity contribution < 1.29 is 13.2 Å². The number of sulfonamides is 1. The normalized spacial score (nSPS) is 11.2. The largest absolute Gasteiger partial charge is 0.352 e. The van der Waals surface area contributed by atoms with Crippen molar-refractivity contribution in [3.8, 4) is 0 Å². The second-order valence-corrected chi connectivity index (χ2v) is 7.78. The SMILES string of the molecule is CNCCCNC(=O)c1ccccc1NS(=O)(=O)c1cc(C)ccc1C. The first-order chi connectivity index (χ1) is 12.3. The lowest BCUT2D eigenvalue weighted by Crippen LogP contribution is -2.28. The molecule has 7 heteroatoms. The van der Waals surface area contributed by atoms with Crippen LogP contribution in [0.1, 0.15) is 27.9 Å². The molecule has 0 bridgehead atoms. The predicted molar refractivity (Wildman–Crippen MR) is 104 cm³/mol. The molecule has 2 aromatic rings. The monoisotopic (exact) mass is 375 g/mol. The van der Waals surface area contributed by atoms with Crippen LogP contribution >= 0.6 is 0 Å². The minimum Gasteiger partial charge on any atom is -0.352 e. The molecular formula is C19H25N3O3S. The molecule has 1 amide bonds. The standard InChI is InChI=1S/C19H25N3O3S/c1-14-9-10-15(2)18(13-14)26(24,25)22-17-8-5-4-7-16(17)19(23)21-12-6-11-20-3/h4-5,7-10,13,20,22H,6,11-12H2,1-3H3,(H,21,23). The van der Waals surface area contributed by atoms with E-state index in [2.05, 4.69) is 15.4 Å². The van der Waals surface area contributed by atoms with Gasteiger partial charge in [-0.2, -0.15) is 0 Å². The maximum absolute atomic E-state index is 12.8. The first-order valence-electron chi connectivity index (χ1n) is 8.47. The van der Waals surface area contributed by atoms with Gasteiger partial charge in [-0.15, -0.1) is 0 Å². The van der Waals surface area contributed by atoms with E-state index in [0.29, 0.717) is 17.7 Å². The summed E-state index contributed by atoms with van der Waals surface area (Å²) in [4.78, 5) is 12.6. The fourth-order valence-electron chi connectivity index (χ4n) is 2.53. The van der Waals surface area contributed by atoms with Crippen LogP contribution in [0.3, 0.4) is 0 Å². The fraction of sp³-hybridized carbons (Fsp3) is 0.316. The maximum atomic E-state index is 12.8. The van der Waals surface area contributed by atoms with E-state index >= 15 is 0 Å². The summed E-state index contributed by atoms with van der Waals surface area (Å²) in [6, 6.07) is 11.8. The van der Waals surface area contributed by atoms with Crippen molar-refractivity contribution in [1.29, 1.82) is 0 Å². The average Bonchev–Trinajstić information content (AvgIpc) is 2.60. The lowest BCUT2D eigenvalue weighted by molar-refractivity contribution is 0.0954. The maximum Gasteiger partial charge on any atom is 0.262 e. The molecule has 2 aromatic carbocycles. The van der Waals surface area contributed by atoms with Gasteiger partial charge < -0.3 is 10.6 Å². The topological polar surface area (TPSA) is 87.3 Å². The molecule has 0 aliphatic rings. The van der Waals surface area contributed by atoms with Crippen LogP contribution in [0.2, 0.25) is 0 Å². The molecule has 0 spiro atoms. The molecule has 0 saturated heterocycles. The fourth-order valence-corrected chi connectivity index (χ4v) is 3.94. The first kappa shape index (κ1) is 19.9. The van der Waals surface area contributed by atoms with Gasteiger partial charge in [0.2, 0.25) is 0 Å². The molecule has 0 fully saturated rings. The summed E-state index contributed by atoms with van der Waals surface area (Å²) in [6.45, 7) is 4.89. The number of amides is 1. The minimum absolute atomic E-state index is 0.210. The van der Waals surface area contributed by atoms with Crippen LogP contribution in [0.25, 0.3) is 0 Å². The Bertz CT molecular complexity index is 879. The number of benzene rings is 2. The highest BCUT2D eigenvalue weighted by atomic mass is 32.2. The molecule has 140 valence electrons. The molecule has 0 atom stereocenters. The van der Waals surface area contributed by atoms with Crippen LogP contribution < -0.4 is 15.4 Å². The Morgan fingerprint density at radius 1 is 1.04 bits per heavy atom. The molecule has 6 nitrogen and oxygen atoms in total. The number of anilines is 1. The van der Waals surface area contributed by atoms with Crippen LogP contribution in [0.5, 0.6) is 0 Å². The van der Waals surface area contributed by atoms with Gasteiger partial charge in [0.1, 0.15) is 0 Å². The summed E-state index contributed by atoms with van der Waals surface area (Å²) < 4.78 is 28.1. The van der Waals surface area contributed by atoms with Crippen LogP contribution in [0.15, 0.2) is 47.4 Å². The molecular weight excluding hydrogens is 350 g/mol. The number of carbonyl (C=O) groups excluding carboxylic acids is 1. The van der Waals surface area contributed by atoms with Crippen LogP contribution in [-0.4, -0.2) is 34.5 Å². The summed E-state index contributed by atoms with van der Waals surface area (Å²) >= 11 is 0. The predicted octanol–water partition coefficient (Wildman–Crippen LogP) is 2.44. The van der Waals surface area contributed by atoms with Gasteiger partial charge in [-0.1, -0.05) is 24.3 Å². The van der Waals surface area contributed by atoms with Crippen LogP contribution in [0.4, 0.5) is 5.69 Å². The zero-order valence-electron chi connectivity index (χ0n) is 15.3. The van der Waals surface area contributed by atoms with Crippen molar-refractivity contribution in [1.82, 2.24) is 10.6 Å². The Kier molecular flexibility index (Phi) is 6.76. The highest BCUT2D eigenvalue weighted by Gasteiger charge is 2.20. The molecule has 0 saturated carbocycles. The molecule has 0 aromatic heterocycles. The highest BCUT2D eigenvalue weighted by molar-refractivity contribution is 7.92. The Hall–Kier alpha value is -2.38. The number of nitrogens with one attached hydrogen (secondary N) is 3. The van der Waals surface area contributed by atoms with Crippen molar-refractivity contribution in [3.63, 3.8) is 0 Å². The van der Waals surface area contributed by atoms with Crippen molar-refractivity contribution in [2.75, 3.05) is 24.9 Å². The molecule has 0 unspecified atom stereocenters. The number of aryl methyl sites for hydroxylation is 2. The van der Waals surface area contributed by atoms with Gasteiger partial charge in [0.05, 0.1) is 16.1 Å². The number of rotatable bonds is 8. The van der Waals surface area contributed by atoms with Gasteiger partial charge >= 0.3 is 0 Å². The third-order valence-corrected chi connectivity index (χ3v) is 5.45. The second kappa shape index (κ2) is 8.82. The number of carbonyl (C=O) groups is 1. The van der Waals surface area contributed by atoms with Gasteiger partial charge in [0, 0.05) is 6.54 Å². The van der Waals surface area contributed by atoms with Crippen LogP contribution in [0, 0.1) is 13.8 Å². The molecule has 0 aliphatic heterocycles. The Morgan fingerprint density at radius 2 is 1.77 bits per heavy atom. The van der Waals surface area contributed by atoms with E-state index in [1.54, 1.807) is 43.3 Å². The van der Waals surface area contributed by atoms with Crippen molar-refractivity contribution in [3.05, 3.63) is 59.2 Å². The van der Waals surface area contributed by atoms with E-state index in [0.717, 1.165) is 18.5 Å². The van der Waals surface area contributed by atoms with Gasteiger partial charge in [-0.05, 0) is 63.2 Å². The summed E-state index contributed by atoms with van der Waals surface area (Å²) in [5.74, 6) is -0.305. The Balaban J connectivity index is 2.24. The summed E-state index contributed by atoms with van der Waals surface area (Å²) in [6.07, 6.45) is 0.790. The number of hydrogen-bond donors (Lipinski definition) is 3. The van der Waals surface area contributed by atoms with Crippen molar-refractivity contribution in [2.24, 2.45) is 0 Å². The Morgan fingerprint density at radius 3 is 2.50 bits per heavy atom. The van der Waals surface area contributed by atoms with Gasteiger partial charge in [-0.25, -0.2) is 8.42 Å². The summed E-state index contributed by atoms with van der Waals surface area (Å²) in [7, 11) is -1.95. The smallest absolute Gasteiger partial charge is 0.262 e. The Labute approximate surface area is 155 Å². The van der Waals surface area contributed by atoms with E-state index in [1.165, 1.54) is 0 Å². The molecule has 3 N–H and O–H groups in total. The van der Waals surface area contributed by atoms with Crippen molar-refractivity contribution in [2.45, 2.75) is 25.2 Å². The lowest BCUT2D eigenvalue weighted by atomic mass is 10.1. The van der Waals surface area contributed by atoms with Crippen LogP contribution in [-0.2, 0) is 10.0 Å². The third-order valence-electron chi connectivity index (χ3n) is 3.94. The molecule has 26 heavy (non-hydrogen) atoms. The summed E-state index contributed by atoms with van der Waals surface area (Å²) in [5, 5.41) is 5.82. The molecule has 2 rings (SSSR count). The molecule has 0 aliphatic carbocycles. The van der Waals surface area contributed by atoms with E-state index in [4.69, 9.17) is 0 Å². The average molecular weight is 375 g/mol. The van der Waals surface area contributed by atoms with E-state index < -0.39 is 10.0 Å². The lowest BCUT2D eigenvalue weighted by Gasteiger charge is -2.14. The zero-order valence-corrected chi connectivity index (χ0v) is 16.1. The number of para-hydroxylation sites is 1. The highest BCUT2D eigenvalue weighted by Crippen LogP contribution is 2.23. The third kappa shape index (κ3) is 5.06. The molecule has 0 heterocycles. The van der Waals surface area contributed by atoms with Crippen molar-refractivity contribution >= 4 is 21.6 Å². The molecule has 0 radical (unpaired) electrons. The van der Waals surface area contributed by atoms with E-state index in [-0.39, 0.29) is 16.5 Å². The van der Waals surface area contributed by atoms with Gasteiger partial charge in [0.25, 0.3) is 15.9 Å². The zero-order chi connectivity index (χ0) is 19.2. The van der Waals surface area contributed by atoms with Gasteiger partial charge in [0.15, 0.2) is 0 Å². The minimum atomic E-state index is -3.79. The first-order valence-corrected chi connectivity index (χ1v) is 9.95. The summed E-state index contributed by atoms with van der Waals surface area (Å²) in [5.41, 5.74) is 2.06.